The smallest absolute Gasteiger partial charge is 0.189 e. The molecule has 1 aromatic heterocycles. The van der Waals surface area contributed by atoms with Gasteiger partial charge in [-0.05, 0) is 30.7 Å². The lowest BCUT2D eigenvalue weighted by Crippen LogP contribution is -1.94. The van der Waals surface area contributed by atoms with Crippen LogP contribution in [-0.2, 0) is 6.54 Å². The first kappa shape index (κ1) is 12.1. The molecule has 1 N–H and O–H groups in total. The largest absolute Gasteiger partial charge is 0.508 e. The number of carbonyl (C=O) groups is 1. The van der Waals surface area contributed by atoms with Gasteiger partial charge < -0.3 is 5.11 Å². The van der Waals surface area contributed by atoms with E-state index in [2.05, 4.69) is 5.10 Å². The summed E-state index contributed by atoms with van der Waals surface area (Å²) < 4.78 is 1.70. The molecule has 92 valence electrons. The Kier molecular flexibility index (Phi) is 3.57. The Hall–Kier alpha value is -2.36. The Labute approximate surface area is 105 Å². The average molecular weight is 242 g/mol. The zero-order valence-corrected chi connectivity index (χ0v) is 10.1. The van der Waals surface area contributed by atoms with Gasteiger partial charge in [-0.1, -0.05) is 18.2 Å². The summed E-state index contributed by atoms with van der Waals surface area (Å²) in [7, 11) is 0. The Bertz CT molecular complexity index is 585. The van der Waals surface area contributed by atoms with E-state index in [0.717, 1.165) is 12.1 Å². The van der Waals surface area contributed by atoms with Gasteiger partial charge in [0.1, 0.15) is 5.75 Å². The van der Waals surface area contributed by atoms with E-state index >= 15 is 0 Å². The molecule has 0 saturated heterocycles. The molecular formula is C14H14N2O2. The minimum Gasteiger partial charge on any atom is -0.508 e. The number of aromatic nitrogens is 2. The van der Waals surface area contributed by atoms with E-state index in [1.807, 2.05) is 13.0 Å². The molecule has 0 unspecified atom stereocenters. The highest BCUT2D eigenvalue weighted by Crippen LogP contribution is 2.12. The van der Waals surface area contributed by atoms with E-state index in [1.54, 1.807) is 41.4 Å². The van der Waals surface area contributed by atoms with Crippen LogP contribution in [0.2, 0.25) is 0 Å². The monoisotopic (exact) mass is 242 g/mol. The molecule has 1 aromatic carbocycles. The van der Waals surface area contributed by atoms with Gasteiger partial charge in [-0.25, -0.2) is 0 Å². The normalized spacial score (nSPS) is 10.9. The first-order valence-corrected chi connectivity index (χ1v) is 5.73. The molecule has 0 aliphatic rings. The van der Waals surface area contributed by atoms with E-state index in [0.29, 0.717) is 5.56 Å². The molecule has 0 bridgehead atoms. The number of carbonyl (C=O) groups excluding carboxylic acids is 1. The van der Waals surface area contributed by atoms with Gasteiger partial charge in [-0.2, -0.15) is 5.10 Å². The van der Waals surface area contributed by atoms with Crippen LogP contribution in [0.15, 0.2) is 42.7 Å². The Morgan fingerprint density at radius 3 is 3.00 bits per heavy atom. The lowest BCUT2D eigenvalue weighted by atomic mass is 10.1. The van der Waals surface area contributed by atoms with Gasteiger partial charge in [0.05, 0.1) is 11.8 Å². The quantitative estimate of drug-likeness (QED) is 0.662. The Balaban J connectivity index is 2.11. The van der Waals surface area contributed by atoms with Crippen molar-refractivity contribution in [1.29, 1.82) is 0 Å². The lowest BCUT2D eigenvalue weighted by molar-refractivity contribution is 0.104. The molecule has 18 heavy (non-hydrogen) atoms. The molecule has 0 radical (unpaired) electrons. The van der Waals surface area contributed by atoms with Gasteiger partial charge >= 0.3 is 0 Å². The van der Waals surface area contributed by atoms with Crippen molar-refractivity contribution in [1.82, 2.24) is 9.78 Å². The highest BCUT2D eigenvalue weighted by Gasteiger charge is 2.04. The molecule has 0 aliphatic heterocycles. The maximum Gasteiger partial charge on any atom is 0.189 e. The summed E-state index contributed by atoms with van der Waals surface area (Å²) in [6, 6.07) is 6.73. The van der Waals surface area contributed by atoms with Gasteiger partial charge in [-0.3, -0.25) is 9.48 Å². The van der Waals surface area contributed by atoms with Crippen LogP contribution >= 0.6 is 0 Å². The fourth-order valence-electron chi connectivity index (χ4n) is 1.56. The molecule has 0 spiro atoms. The third-order valence-corrected chi connectivity index (χ3v) is 2.54. The topological polar surface area (TPSA) is 55.1 Å². The molecule has 1 heterocycles. The second kappa shape index (κ2) is 5.31. The fourth-order valence-corrected chi connectivity index (χ4v) is 1.56. The van der Waals surface area contributed by atoms with Gasteiger partial charge in [0.15, 0.2) is 5.78 Å². The van der Waals surface area contributed by atoms with Crippen molar-refractivity contribution in [3.63, 3.8) is 0 Å². The number of rotatable bonds is 4. The summed E-state index contributed by atoms with van der Waals surface area (Å²) in [4.78, 5) is 11.8. The molecule has 2 aromatic rings. The number of phenolic OH excluding ortho intramolecular Hbond substituents is 1. The number of benzene rings is 1. The number of phenols is 1. The predicted octanol–water partition coefficient (Wildman–Crippen LogP) is 2.50. The van der Waals surface area contributed by atoms with E-state index in [4.69, 9.17) is 0 Å². The second-order valence-electron chi connectivity index (χ2n) is 3.88. The summed E-state index contributed by atoms with van der Waals surface area (Å²) in [6.45, 7) is 2.70. The number of aryl methyl sites for hydroxylation is 1. The summed E-state index contributed by atoms with van der Waals surface area (Å²) in [5.41, 5.74) is 1.35. The zero-order valence-electron chi connectivity index (χ0n) is 10.1. The molecule has 0 fully saturated rings. The predicted molar refractivity (Wildman–Crippen MR) is 69.4 cm³/mol. The molecular weight excluding hydrogens is 228 g/mol. The van der Waals surface area contributed by atoms with Gasteiger partial charge in [0, 0.05) is 12.7 Å². The standard InChI is InChI=1S/C14H14N2O2/c1-2-16-10-12(9-15-16)14(18)7-6-11-4-3-5-13(17)8-11/h3-10,17H,2H2,1H3/b7-6+. The number of hydrogen-bond donors (Lipinski definition) is 1. The first-order chi connectivity index (χ1) is 8.69. The van der Waals surface area contributed by atoms with Crippen molar-refractivity contribution in [2.24, 2.45) is 0 Å². The summed E-state index contributed by atoms with van der Waals surface area (Å²) >= 11 is 0. The van der Waals surface area contributed by atoms with Gasteiger partial charge in [0.25, 0.3) is 0 Å². The van der Waals surface area contributed by atoms with Gasteiger partial charge in [0.2, 0.25) is 0 Å². The lowest BCUT2D eigenvalue weighted by Gasteiger charge is -1.94. The van der Waals surface area contributed by atoms with Crippen molar-refractivity contribution < 1.29 is 9.90 Å². The van der Waals surface area contributed by atoms with Crippen molar-refractivity contribution in [2.75, 3.05) is 0 Å². The molecule has 0 saturated carbocycles. The van der Waals surface area contributed by atoms with Crippen LogP contribution in [-0.4, -0.2) is 20.7 Å². The molecule has 0 aliphatic carbocycles. The van der Waals surface area contributed by atoms with E-state index < -0.39 is 0 Å². The SMILES string of the molecule is CCn1cc(C(=O)/C=C/c2cccc(O)c2)cn1. The van der Waals surface area contributed by atoms with E-state index in [-0.39, 0.29) is 11.5 Å². The average Bonchev–Trinajstić information content (AvgIpc) is 2.85. The Morgan fingerprint density at radius 1 is 1.50 bits per heavy atom. The van der Waals surface area contributed by atoms with E-state index in [9.17, 15) is 9.90 Å². The number of ketones is 1. The molecule has 4 nitrogen and oxygen atoms in total. The summed E-state index contributed by atoms with van der Waals surface area (Å²) in [6.07, 6.45) is 6.42. The second-order valence-corrected chi connectivity index (χ2v) is 3.88. The summed E-state index contributed by atoms with van der Waals surface area (Å²) in [5.74, 6) is 0.0847. The van der Waals surface area contributed by atoms with Crippen molar-refractivity contribution in [2.45, 2.75) is 13.5 Å². The number of aromatic hydroxyl groups is 1. The first-order valence-electron chi connectivity index (χ1n) is 5.73. The molecule has 2 rings (SSSR count). The summed E-state index contributed by atoms with van der Waals surface area (Å²) in [5, 5.41) is 13.3. The Morgan fingerprint density at radius 2 is 2.33 bits per heavy atom. The third kappa shape index (κ3) is 2.85. The van der Waals surface area contributed by atoms with Crippen LogP contribution in [0.1, 0.15) is 22.8 Å². The van der Waals surface area contributed by atoms with Crippen molar-refractivity contribution in [3.05, 3.63) is 53.9 Å². The third-order valence-electron chi connectivity index (χ3n) is 2.54. The highest BCUT2D eigenvalue weighted by atomic mass is 16.3. The van der Waals surface area contributed by atoms with Crippen LogP contribution < -0.4 is 0 Å². The maximum atomic E-state index is 11.8. The van der Waals surface area contributed by atoms with Crippen molar-refractivity contribution >= 4 is 11.9 Å². The van der Waals surface area contributed by atoms with Gasteiger partial charge in [-0.15, -0.1) is 0 Å². The van der Waals surface area contributed by atoms with Crippen LogP contribution in [0, 0.1) is 0 Å². The minimum atomic E-state index is -0.0990. The van der Waals surface area contributed by atoms with Crippen molar-refractivity contribution in [3.8, 4) is 5.75 Å². The van der Waals surface area contributed by atoms with Crippen LogP contribution in [0.3, 0.4) is 0 Å². The van der Waals surface area contributed by atoms with Crippen LogP contribution in [0.25, 0.3) is 6.08 Å². The maximum absolute atomic E-state index is 11.8. The molecule has 4 heteroatoms. The number of allylic oxidation sites excluding steroid dienone is 1. The van der Waals surface area contributed by atoms with E-state index in [1.165, 1.54) is 6.08 Å². The highest BCUT2D eigenvalue weighted by molar-refractivity contribution is 6.06. The number of hydrogen-bond acceptors (Lipinski definition) is 3. The molecule has 0 amide bonds. The molecule has 0 atom stereocenters. The number of nitrogens with zero attached hydrogens (tertiary/aromatic N) is 2. The minimum absolute atomic E-state index is 0.0990. The zero-order chi connectivity index (χ0) is 13.0. The van der Waals surface area contributed by atoms with Crippen LogP contribution in [0.4, 0.5) is 0 Å². The fraction of sp³-hybridized carbons (Fsp3) is 0.143. The van der Waals surface area contributed by atoms with Crippen LogP contribution in [0.5, 0.6) is 5.75 Å².